The maximum atomic E-state index is 5.70. The van der Waals surface area contributed by atoms with E-state index in [1.54, 1.807) is 0 Å². The standard InChI is InChI=1S/C13H20INOS/c1-2-15-12(10-8-13(14)17-9-10)6-5-11-4-3-7-16-11/h8-9,11-12,15H,2-7H2,1H3. The quantitative estimate of drug-likeness (QED) is 0.771. The normalized spacial score (nSPS) is 21.9. The summed E-state index contributed by atoms with van der Waals surface area (Å²) in [5.41, 5.74) is 1.44. The third-order valence-electron chi connectivity index (χ3n) is 3.24. The van der Waals surface area contributed by atoms with E-state index in [2.05, 4.69) is 46.3 Å². The van der Waals surface area contributed by atoms with Gasteiger partial charge in [0.05, 0.1) is 8.99 Å². The molecular formula is C13H20INOS. The molecule has 0 saturated carbocycles. The summed E-state index contributed by atoms with van der Waals surface area (Å²) in [6, 6.07) is 2.80. The van der Waals surface area contributed by atoms with Crippen molar-refractivity contribution in [3.05, 3.63) is 19.9 Å². The molecule has 0 aromatic carbocycles. The van der Waals surface area contributed by atoms with E-state index in [9.17, 15) is 0 Å². The zero-order chi connectivity index (χ0) is 12.1. The fraction of sp³-hybridized carbons (Fsp3) is 0.692. The SMILES string of the molecule is CCNC(CCC1CCCO1)c1csc(I)c1. The third kappa shape index (κ3) is 4.19. The molecule has 1 fully saturated rings. The van der Waals surface area contributed by atoms with Crippen molar-refractivity contribution in [3.8, 4) is 0 Å². The maximum absolute atomic E-state index is 5.70. The molecule has 17 heavy (non-hydrogen) atoms. The number of halogens is 1. The minimum absolute atomic E-state index is 0.504. The van der Waals surface area contributed by atoms with E-state index in [-0.39, 0.29) is 0 Å². The molecule has 1 N–H and O–H groups in total. The topological polar surface area (TPSA) is 21.3 Å². The van der Waals surface area contributed by atoms with E-state index < -0.39 is 0 Å². The second-order valence-electron chi connectivity index (χ2n) is 4.51. The van der Waals surface area contributed by atoms with Gasteiger partial charge in [-0.1, -0.05) is 6.92 Å². The lowest BCUT2D eigenvalue weighted by molar-refractivity contribution is 0.0996. The average molecular weight is 365 g/mol. The van der Waals surface area contributed by atoms with Crippen molar-refractivity contribution in [1.29, 1.82) is 0 Å². The lowest BCUT2D eigenvalue weighted by Crippen LogP contribution is -2.22. The highest BCUT2D eigenvalue weighted by atomic mass is 127. The van der Waals surface area contributed by atoms with Crippen LogP contribution in [0.3, 0.4) is 0 Å². The van der Waals surface area contributed by atoms with E-state index in [0.717, 1.165) is 13.2 Å². The summed E-state index contributed by atoms with van der Waals surface area (Å²) in [5.74, 6) is 0. The van der Waals surface area contributed by atoms with Crippen molar-refractivity contribution in [2.24, 2.45) is 0 Å². The number of rotatable bonds is 6. The van der Waals surface area contributed by atoms with E-state index in [0.29, 0.717) is 12.1 Å². The summed E-state index contributed by atoms with van der Waals surface area (Å²) in [6.45, 7) is 4.17. The van der Waals surface area contributed by atoms with Crippen LogP contribution in [0.4, 0.5) is 0 Å². The van der Waals surface area contributed by atoms with Gasteiger partial charge in [0, 0.05) is 12.6 Å². The maximum Gasteiger partial charge on any atom is 0.0656 e. The first-order valence-electron chi connectivity index (χ1n) is 6.38. The van der Waals surface area contributed by atoms with Gasteiger partial charge in [0.15, 0.2) is 0 Å². The van der Waals surface area contributed by atoms with E-state index in [1.165, 1.54) is 34.1 Å². The number of hydrogen-bond donors (Lipinski definition) is 1. The second-order valence-corrected chi connectivity index (χ2v) is 7.31. The lowest BCUT2D eigenvalue weighted by Gasteiger charge is -2.18. The molecule has 1 aromatic heterocycles. The van der Waals surface area contributed by atoms with Crippen molar-refractivity contribution in [3.63, 3.8) is 0 Å². The van der Waals surface area contributed by atoms with Crippen LogP contribution in [0, 0.1) is 2.88 Å². The highest BCUT2D eigenvalue weighted by Crippen LogP contribution is 2.27. The number of hydrogen-bond acceptors (Lipinski definition) is 3. The van der Waals surface area contributed by atoms with Crippen LogP contribution in [0.1, 0.15) is 44.2 Å². The average Bonchev–Trinajstić information content (AvgIpc) is 2.95. The van der Waals surface area contributed by atoms with Crippen molar-refractivity contribution in [2.75, 3.05) is 13.2 Å². The molecular weight excluding hydrogens is 345 g/mol. The first-order chi connectivity index (χ1) is 8.29. The van der Waals surface area contributed by atoms with Crippen LogP contribution >= 0.6 is 33.9 Å². The summed E-state index contributed by atoms with van der Waals surface area (Å²) in [6.07, 6.45) is 5.37. The predicted molar refractivity (Wildman–Crippen MR) is 81.7 cm³/mol. The highest BCUT2D eigenvalue weighted by Gasteiger charge is 2.19. The van der Waals surface area contributed by atoms with Gasteiger partial charge in [0.2, 0.25) is 0 Å². The van der Waals surface area contributed by atoms with Gasteiger partial charge in [-0.2, -0.15) is 0 Å². The summed E-state index contributed by atoms with van der Waals surface area (Å²) in [5, 5.41) is 5.87. The molecule has 1 aliphatic heterocycles. The largest absolute Gasteiger partial charge is 0.378 e. The number of nitrogens with one attached hydrogen (secondary N) is 1. The van der Waals surface area contributed by atoms with Gasteiger partial charge in [0.25, 0.3) is 0 Å². The molecule has 0 radical (unpaired) electrons. The van der Waals surface area contributed by atoms with Crippen LogP contribution in [0.15, 0.2) is 11.4 Å². The molecule has 2 nitrogen and oxygen atoms in total. The molecule has 1 aliphatic rings. The van der Waals surface area contributed by atoms with Gasteiger partial charge in [-0.25, -0.2) is 0 Å². The Hall–Kier alpha value is 0.350. The van der Waals surface area contributed by atoms with Gasteiger partial charge in [0.1, 0.15) is 0 Å². The van der Waals surface area contributed by atoms with Gasteiger partial charge in [-0.3, -0.25) is 0 Å². The Kier molecular flexibility index (Phi) is 5.72. The Labute approximate surface area is 121 Å². The molecule has 2 unspecified atom stereocenters. The van der Waals surface area contributed by atoms with Gasteiger partial charge >= 0.3 is 0 Å². The summed E-state index contributed by atoms with van der Waals surface area (Å²) >= 11 is 4.23. The minimum Gasteiger partial charge on any atom is -0.378 e. The molecule has 2 heterocycles. The fourth-order valence-corrected chi connectivity index (χ4v) is 3.79. The summed E-state index contributed by atoms with van der Waals surface area (Å²) in [7, 11) is 0. The first kappa shape index (κ1) is 13.8. The third-order valence-corrected chi connectivity index (χ3v) is 5.05. The van der Waals surface area contributed by atoms with Gasteiger partial charge in [-0.15, -0.1) is 11.3 Å². The molecule has 0 amide bonds. The number of ether oxygens (including phenoxy) is 1. The van der Waals surface area contributed by atoms with Crippen LogP contribution in [0.2, 0.25) is 0 Å². The lowest BCUT2D eigenvalue weighted by atomic mass is 10.0. The summed E-state index contributed by atoms with van der Waals surface area (Å²) < 4.78 is 7.07. The molecule has 96 valence electrons. The predicted octanol–water partition coefficient (Wildman–Crippen LogP) is 3.96. The van der Waals surface area contributed by atoms with Crippen LogP contribution < -0.4 is 5.32 Å². The Bertz CT molecular complexity index is 336. The Morgan fingerprint density at radius 1 is 1.65 bits per heavy atom. The molecule has 4 heteroatoms. The fourth-order valence-electron chi connectivity index (χ4n) is 2.36. The highest BCUT2D eigenvalue weighted by molar-refractivity contribution is 14.1. The van der Waals surface area contributed by atoms with Crippen LogP contribution in [-0.4, -0.2) is 19.3 Å². The molecule has 2 atom stereocenters. The smallest absolute Gasteiger partial charge is 0.0656 e. The van der Waals surface area contributed by atoms with Crippen molar-refractivity contribution in [2.45, 2.75) is 44.8 Å². The van der Waals surface area contributed by atoms with E-state index in [4.69, 9.17) is 4.74 Å². The molecule has 1 aromatic rings. The first-order valence-corrected chi connectivity index (χ1v) is 8.34. The Morgan fingerprint density at radius 3 is 3.12 bits per heavy atom. The van der Waals surface area contributed by atoms with Crippen LogP contribution in [0.5, 0.6) is 0 Å². The Morgan fingerprint density at radius 2 is 2.53 bits per heavy atom. The van der Waals surface area contributed by atoms with E-state index >= 15 is 0 Å². The van der Waals surface area contributed by atoms with Crippen molar-refractivity contribution >= 4 is 33.9 Å². The minimum atomic E-state index is 0.504. The zero-order valence-electron chi connectivity index (χ0n) is 10.2. The Balaban J connectivity index is 1.87. The molecule has 0 bridgehead atoms. The van der Waals surface area contributed by atoms with Crippen LogP contribution in [0.25, 0.3) is 0 Å². The zero-order valence-corrected chi connectivity index (χ0v) is 13.2. The van der Waals surface area contributed by atoms with Crippen molar-refractivity contribution < 1.29 is 4.74 Å². The molecule has 0 aliphatic carbocycles. The van der Waals surface area contributed by atoms with Crippen LogP contribution in [-0.2, 0) is 4.74 Å². The summed E-state index contributed by atoms with van der Waals surface area (Å²) in [4.78, 5) is 0. The second kappa shape index (κ2) is 7.07. The monoisotopic (exact) mass is 365 g/mol. The van der Waals surface area contributed by atoms with E-state index in [1.807, 2.05) is 11.3 Å². The van der Waals surface area contributed by atoms with Crippen molar-refractivity contribution in [1.82, 2.24) is 5.32 Å². The number of thiophene rings is 1. The van der Waals surface area contributed by atoms with Gasteiger partial charge < -0.3 is 10.1 Å². The van der Waals surface area contributed by atoms with Gasteiger partial charge in [-0.05, 0) is 71.8 Å². The molecule has 2 rings (SSSR count). The molecule has 1 saturated heterocycles. The molecule has 0 spiro atoms.